The number of rotatable bonds is 0. The molecule has 3 heteroatoms. The van der Waals surface area contributed by atoms with Crippen molar-refractivity contribution >= 4 is 0 Å². The first-order chi connectivity index (χ1) is 9.62. The zero-order valence-corrected chi connectivity index (χ0v) is 16.8. The van der Waals surface area contributed by atoms with Crippen LogP contribution in [0.15, 0.2) is 0 Å². The standard InChI is InChI=1S/C19H41N3/c1-14-11-15(2)21-17(5,6)13-19(9,10)22-18(7,8)12-16(3,4)20-14/h14-15,20-22H,11-13H2,1-10H3. The first-order valence-electron chi connectivity index (χ1n) is 8.96. The molecule has 0 bridgehead atoms. The highest BCUT2D eigenvalue weighted by molar-refractivity contribution is 5.00. The molecule has 1 heterocycles. The van der Waals surface area contributed by atoms with Crippen molar-refractivity contribution in [3.63, 3.8) is 0 Å². The summed E-state index contributed by atoms with van der Waals surface area (Å²) < 4.78 is 0. The van der Waals surface area contributed by atoms with Crippen LogP contribution in [-0.4, -0.2) is 34.2 Å². The average Bonchev–Trinajstić information content (AvgIpc) is 2.03. The largest absolute Gasteiger partial charge is 0.309 e. The Morgan fingerprint density at radius 2 is 0.909 bits per heavy atom. The second kappa shape index (κ2) is 6.41. The Morgan fingerprint density at radius 1 is 0.591 bits per heavy atom. The highest BCUT2D eigenvalue weighted by Crippen LogP contribution is 2.28. The molecule has 0 saturated carbocycles. The Kier molecular flexibility index (Phi) is 5.81. The highest BCUT2D eigenvalue weighted by Gasteiger charge is 2.37. The maximum atomic E-state index is 3.91. The second-order valence-corrected chi connectivity index (χ2v) is 10.3. The van der Waals surface area contributed by atoms with Crippen molar-refractivity contribution in [1.29, 1.82) is 0 Å². The number of hydrogen-bond donors (Lipinski definition) is 3. The summed E-state index contributed by atoms with van der Waals surface area (Å²) in [6.45, 7) is 23.2. The molecule has 1 saturated heterocycles. The Labute approximate surface area is 139 Å². The molecular weight excluding hydrogens is 270 g/mol. The molecule has 0 amide bonds. The lowest BCUT2D eigenvalue weighted by atomic mass is 9.80. The minimum absolute atomic E-state index is 0.0978. The van der Waals surface area contributed by atoms with E-state index in [1.54, 1.807) is 0 Å². The molecule has 1 rings (SSSR count). The van der Waals surface area contributed by atoms with E-state index >= 15 is 0 Å². The summed E-state index contributed by atoms with van der Waals surface area (Å²) >= 11 is 0. The van der Waals surface area contributed by atoms with Gasteiger partial charge in [-0.05, 0) is 88.5 Å². The number of hydrogen-bond acceptors (Lipinski definition) is 3. The van der Waals surface area contributed by atoms with Gasteiger partial charge in [0.25, 0.3) is 0 Å². The second-order valence-electron chi connectivity index (χ2n) is 10.3. The van der Waals surface area contributed by atoms with Gasteiger partial charge < -0.3 is 16.0 Å². The SMILES string of the molecule is CC1CC(C)NC(C)(C)CC(C)(C)NC(C)(C)CC(C)(C)N1. The molecule has 1 aliphatic rings. The fraction of sp³-hybridized carbons (Fsp3) is 1.00. The molecule has 22 heavy (non-hydrogen) atoms. The zero-order chi connectivity index (χ0) is 17.4. The molecule has 0 aliphatic carbocycles. The minimum atomic E-state index is 0.0978. The topological polar surface area (TPSA) is 36.1 Å². The van der Waals surface area contributed by atoms with Gasteiger partial charge in [0, 0.05) is 34.2 Å². The van der Waals surface area contributed by atoms with Gasteiger partial charge in [0.2, 0.25) is 0 Å². The lowest BCUT2D eigenvalue weighted by Crippen LogP contribution is -2.62. The molecule has 0 spiro atoms. The van der Waals surface area contributed by atoms with E-state index in [9.17, 15) is 0 Å². The first kappa shape index (κ1) is 19.9. The van der Waals surface area contributed by atoms with Gasteiger partial charge in [-0.25, -0.2) is 0 Å². The van der Waals surface area contributed by atoms with E-state index in [2.05, 4.69) is 85.2 Å². The van der Waals surface area contributed by atoms with Gasteiger partial charge in [-0.2, -0.15) is 0 Å². The van der Waals surface area contributed by atoms with E-state index in [-0.39, 0.29) is 22.2 Å². The maximum Gasteiger partial charge on any atom is 0.0147 e. The predicted octanol–water partition coefficient (Wildman–Crippen LogP) is 3.83. The molecule has 0 radical (unpaired) electrons. The molecule has 0 aromatic rings. The van der Waals surface area contributed by atoms with Crippen LogP contribution in [0, 0.1) is 0 Å². The highest BCUT2D eigenvalue weighted by atomic mass is 15.1. The zero-order valence-electron chi connectivity index (χ0n) is 16.8. The van der Waals surface area contributed by atoms with Crippen LogP contribution in [0.2, 0.25) is 0 Å². The van der Waals surface area contributed by atoms with E-state index in [0.29, 0.717) is 12.1 Å². The predicted molar refractivity (Wildman–Crippen MR) is 98.5 cm³/mol. The van der Waals surface area contributed by atoms with Gasteiger partial charge >= 0.3 is 0 Å². The van der Waals surface area contributed by atoms with Crippen LogP contribution >= 0.6 is 0 Å². The molecule has 0 aromatic carbocycles. The average molecular weight is 312 g/mol. The summed E-state index contributed by atoms with van der Waals surface area (Å²) in [6, 6.07) is 1.02. The van der Waals surface area contributed by atoms with Crippen molar-refractivity contribution in [3.05, 3.63) is 0 Å². The van der Waals surface area contributed by atoms with Crippen LogP contribution < -0.4 is 16.0 Å². The summed E-state index contributed by atoms with van der Waals surface area (Å²) in [5.74, 6) is 0. The molecular formula is C19H41N3. The molecule has 1 aliphatic heterocycles. The van der Waals surface area contributed by atoms with E-state index in [4.69, 9.17) is 0 Å². The Bertz CT molecular complexity index is 335. The smallest absolute Gasteiger partial charge is 0.0147 e. The van der Waals surface area contributed by atoms with Crippen LogP contribution in [0.25, 0.3) is 0 Å². The van der Waals surface area contributed by atoms with Crippen molar-refractivity contribution in [2.45, 2.75) is 123 Å². The van der Waals surface area contributed by atoms with Crippen molar-refractivity contribution in [2.75, 3.05) is 0 Å². The number of nitrogens with one attached hydrogen (secondary N) is 3. The fourth-order valence-corrected chi connectivity index (χ4v) is 5.30. The van der Waals surface area contributed by atoms with Gasteiger partial charge in [-0.15, -0.1) is 0 Å². The van der Waals surface area contributed by atoms with E-state index in [1.807, 2.05) is 0 Å². The summed E-state index contributed by atoms with van der Waals surface area (Å²) in [7, 11) is 0. The normalized spacial score (nSPS) is 35.2. The van der Waals surface area contributed by atoms with Crippen molar-refractivity contribution in [1.82, 2.24) is 16.0 Å². The van der Waals surface area contributed by atoms with E-state index in [0.717, 1.165) is 19.3 Å². The monoisotopic (exact) mass is 311 g/mol. The molecule has 2 atom stereocenters. The van der Waals surface area contributed by atoms with Crippen LogP contribution in [-0.2, 0) is 0 Å². The molecule has 132 valence electrons. The molecule has 1 fully saturated rings. The quantitative estimate of drug-likeness (QED) is 0.636. The third kappa shape index (κ3) is 6.97. The molecule has 3 nitrogen and oxygen atoms in total. The van der Waals surface area contributed by atoms with Crippen molar-refractivity contribution in [3.8, 4) is 0 Å². The van der Waals surface area contributed by atoms with Crippen LogP contribution in [0.3, 0.4) is 0 Å². The van der Waals surface area contributed by atoms with Crippen molar-refractivity contribution in [2.24, 2.45) is 0 Å². The third-order valence-corrected chi connectivity index (χ3v) is 4.43. The maximum absolute atomic E-state index is 3.91. The molecule has 0 aromatic heterocycles. The minimum Gasteiger partial charge on any atom is -0.309 e. The van der Waals surface area contributed by atoms with Gasteiger partial charge in [0.05, 0.1) is 0 Å². The molecule has 3 N–H and O–H groups in total. The van der Waals surface area contributed by atoms with E-state index < -0.39 is 0 Å². The lowest BCUT2D eigenvalue weighted by Gasteiger charge is -2.47. The van der Waals surface area contributed by atoms with Gasteiger partial charge in [0.1, 0.15) is 0 Å². The molecule has 2 unspecified atom stereocenters. The fourth-order valence-electron chi connectivity index (χ4n) is 5.30. The third-order valence-electron chi connectivity index (χ3n) is 4.43. The Balaban J connectivity index is 3.04. The lowest BCUT2D eigenvalue weighted by molar-refractivity contribution is 0.144. The van der Waals surface area contributed by atoms with Gasteiger partial charge in [-0.3, -0.25) is 0 Å². The van der Waals surface area contributed by atoms with Crippen LogP contribution in [0.1, 0.15) is 88.5 Å². The Hall–Kier alpha value is -0.120. The summed E-state index contributed by atoms with van der Waals surface area (Å²) in [5, 5.41) is 11.6. The van der Waals surface area contributed by atoms with Crippen molar-refractivity contribution < 1.29 is 0 Å². The van der Waals surface area contributed by atoms with Crippen LogP contribution in [0.5, 0.6) is 0 Å². The summed E-state index contributed by atoms with van der Waals surface area (Å²) in [4.78, 5) is 0. The van der Waals surface area contributed by atoms with Crippen LogP contribution in [0.4, 0.5) is 0 Å². The first-order valence-corrected chi connectivity index (χ1v) is 8.96. The summed E-state index contributed by atoms with van der Waals surface area (Å²) in [6.07, 6.45) is 3.37. The Morgan fingerprint density at radius 3 is 1.23 bits per heavy atom. The van der Waals surface area contributed by atoms with Gasteiger partial charge in [0.15, 0.2) is 0 Å². The summed E-state index contributed by atoms with van der Waals surface area (Å²) in [5.41, 5.74) is 0.447. The van der Waals surface area contributed by atoms with Gasteiger partial charge in [-0.1, -0.05) is 0 Å². The van der Waals surface area contributed by atoms with E-state index in [1.165, 1.54) is 0 Å².